The van der Waals surface area contributed by atoms with Crippen molar-refractivity contribution >= 4 is 54.6 Å². The molecule has 54 heavy (non-hydrogen) atoms. The van der Waals surface area contributed by atoms with Gasteiger partial charge < -0.3 is 8.83 Å². The van der Waals surface area contributed by atoms with E-state index in [-0.39, 0.29) is 0 Å². The molecule has 12 rings (SSSR count). The van der Waals surface area contributed by atoms with E-state index in [4.69, 9.17) is 23.8 Å². The molecule has 0 N–H and O–H groups in total. The Hall–Kier alpha value is -7.37. The highest BCUT2D eigenvalue weighted by Crippen LogP contribution is 2.49. The van der Waals surface area contributed by atoms with Gasteiger partial charge in [-0.3, -0.25) is 0 Å². The van der Waals surface area contributed by atoms with Gasteiger partial charge in [-0.05, 0) is 74.5 Å². The molecule has 0 aliphatic heterocycles. The summed E-state index contributed by atoms with van der Waals surface area (Å²) in [7, 11) is 0. The third-order valence-corrected chi connectivity index (χ3v) is 10.9. The second-order valence-corrected chi connectivity index (χ2v) is 13.9. The van der Waals surface area contributed by atoms with Gasteiger partial charge in [0.1, 0.15) is 22.3 Å². The molecule has 5 nitrogen and oxygen atoms in total. The van der Waals surface area contributed by atoms with E-state index in [1.807, 2.05) is 60.7 Å². The summed E-state index contributed by atoms with van der Waals surface area (Å²) in [6.07, 6.45) is 0. The Labute approximate surface area is 308 Å². The first-order valence-corrected chi connectivity index (χ1v) is 18.1. The molecule has 0 bridgehead atoms. The first-order chi connectivity index (χ1) is 26.8. The highest BCUT2D eigenvalue weighted by Gasteiger charge is 2.24. The maximum absolute atomic E-state index is 6.31. The smallest absolute Gasteiger partial charge is 0.164 e. The monoisotopic (exact) mass is 689 g/mol. The first-order valence-electron chi connectivity index (χ1n) is 18.1. The number of hydrogen-bond donors (Lipinski definition) is 0. The highest BCUT2D eigenvalue weighted by molar-refractivity contribution is 6.16. The second-order valence-electron chi connectivity index (χ2n) is 13.9. The second kappa shape index (κ2) is 11.1. The lowest BCUT2D eigenvalue weighted by Gasteiger charge is -2.14. The lowest BCUT2D eigenvalue weighted by atomic mass is 9.94. The molecule has 1 aliphatic carbocycles. The molecule has 3 aromatic heterocycles. The van der Waals surface area contributed by atoms with E-state index < -0.39 is 0 Å². The number of fused-ring (bicyclic) bond motifs is 9. The van der Waals surface area contributed by atoms with Crippen LogP contribution in [0.25, 0.3) is 122 Å². The minimum atomic E-state index is 0.572. The van der Waals surface area contributed by atoms with Crippen LogP contribution in [0.2, 0.25) is 0 Å². The van der Waals surface area contributed by atoms with Gasteiger partial charge in [0.05, 0.1) is 0 Å². The van der Waals surface area contributed by atoms with Crippen LogP contribution in [0.5, 0.6) is 0 Å². The normalized spacial score (nSPS) is 12.1. The summed E-state index contributed by atoms with van der Waals surface area (Å²) < 4.78 is 12.6. The van der Waals surface area contributed by atoms with E-state index in [1.54, 1.807) is 0 Å². The molecule has 250 valence electrons. The average Bonchev–Trinajstić information content (AvgIpc) is 3.91. The summed E-state index contributed by atoms with van der Waals surface area (Å²) in [4.78, 5) is 15.9. The van der Waals surface area contributed by atoms with E-state index in [1.165, 1.54) is 33.0 Å². The molecule has 0 saturated heterocycles. The summed E-state index contributed by atoms with van der Waals surface area (Å²) in [6, 6.07) is 56.8. The molecule has 0 saturated carbocycles. The first kappa shape index (κ1) is 29.2. The molecular formula is C49H27N3O2. The quantitative estimate of drug-likeness (QED) is 0.184. The maximum atomic E-state index is 6.31. The van der Waals surface area contributed by atoms with Crippen molar-refractivity contribution in [2.45, 2.75) is 0 Å². The van der Waals surface area contributed by atoms with Crippen LogP contribution >= 0.6 is 0 Å². The van der Waals surface area contributed by atoms with Crippen LogP contribution < -0.4 is 0 Å². The molecule has 11 aromatic rings. The van der Waals surface area contributed by atoms with Crippen molar-refractivity contribution in [3.8, 4) is 67.5 Å². The zero-order valence-corrected chi connectivity index (χ0v) is 28.7. The van der Waals surface area contributed by atoms with Crippen molar-refractivity contribution in [2.75, 3.05) is 0 Å². The van der Waals surface area contributed by atoms with Gasteiger partial charge in [-0.15, -0.1) is 0 Å². The van der Waals surface area contributed by atoms with Crippen LogP contribution in [0.15, 0.2) is 173 Å². The van der Waals surface area contributed by atoms with Crippen LogP contribution in [-0.2, 0) is 0 Å². The summed E-state index contributed by atoms with van der Waals surface area (Å²) in [5, 5.41) is 6.56. The van der Waals surface area contributed by atoms with Gasteiger partial charge in [0, 0.05) is 38.2 Å². The summed E-state index contributed by atoms with van der Waals surface area (Å²) in [5.41, 5.74) is 13.1. The van der Waals surface area contributed by atoms with Crippen molar-refractivity contribution < 1.29 is 8.83 Å². The number of nitrogens with zero attached hydrogens (tertiary/aromatic N) is 3. The number of rotatable bonds is 4. The van der Waals surface area contributed by atoms with Crippen LogP contribution in [0.3, 0.4) is 0 Å². The zero-order chi connectivity index (χ0) is 35.3. The van der Waals surface area contributed by atoms with E-state index in [0.717, 1.165) is 71.7 Å². The van der Waals surface area contributed by atoms with Gasteiger partial charge >= 0.3 is 0 Å². The Morgan fingerprint density at radius 3 is 1.39 bits per heavy atom. The lowest BCUT2D eigenvalue weighted by Crippen LogP contribution is -2.01. The van der Waals surface area contributed by atoms with E-state index in [0.29, 0.717) is 17.5 Å². The number of hydrogen-bond acceptors (Lipinski definition) is 5. The lowest BCUT2D eigenvalue weighted by molar-refractivity contribution is 0.668. The Balaban J connectivity index is 1.11. The number of benzene rings is 8. The van der Waals surface area contributed by atoms with Gasteiger partial charge in [-0.25, -0.2) is 15.0 Å². The number of furan rings is 2. The van der Waals surface area contributed by atoms with Crippen molar-refractivity contribution in [1.29, 1.82) is 0 Å². The van der Waals surface area contributed by atoms with Crippen LogP contribution in [0.1, 0.15) is 0 Å². The Morgan fingerprint density at radius 2 is 0.759 bits per heavy atom. The molecule has 5 heteroatoms. The standard InChI is InChI=1S/C49H27N3O2/c1-2-14-34(30(13-1)29-25-26-31-32-17-7-11-28-12-8-18-33(44(28)32)39(31)27-29)47-50-48(37-19-9-23-42-45(37)35-15-3-5-21-40(35)53-42)52-49(51-47)38-20-10-24-43-46(38)36-16-4-6-22-41(36)54-43/h1-27H. The van der Waals surface area contributed by atoms with Crippen LogP contribution in [0, 0.1) is 0 Å². The summed E-state index contributed by atoms with van der Waals surface area (Å²) in [5.74, 6) is 1.73. The predicted molar refractivity (Wildman–Crippen MR) is 218 cm³/mol. The number of para-hydroxylation sites is 2. The average molecular weight is 690 g/mol. The largest absolute Gasteiger partial charge is 0.456 e. The van der Waals surface area contributed by atoms with Crippen molar-refractivity contribution in [3.63, 3.8) is 0 Å². The Morgan fingerprint density at radius 1 is 0.296 bits per heavy atom. The molecule has 8 aromatic carbocycles. The third-order valence-electron chi connectivity index (χ3n) is 10.9. The molecule has 0 unspecified atom stereocenters. The van der Waals surface area contributed by atoms with Gasteiger partial charge in [0.15, 0.2) is 17.5 Å². The minimum absolute atomic E-state index is 0.572. The SMILES string of the molecule is c1ccc(-c2nc(-c3cccc4oc5ccccc5c34)nc(-c3cccc4oc5ccccc5c34)n2)c(-c2ccc3c(c2)-c2cccc4cccc-3c24)c1. The minimum Gasteiger partial charge on any atom is -0.456 e. The van der Waals surface area contributed by atoms with Crippen LogP contribution in [0.4, 0.5) is 0 Å². The topological polar surface area (TPSA) is 65.0 Å². The van der Waals surface area contributed by atoms with Crippen LogP contribution in [-0.4, -0.2) is 15.0 Å². The fourth-order valence-electron chi connectivity index (χ4n) is 8.55. The van der Waals surface area contributed by atoms with Gasteiger partial charge in [-0.2, -0.15) is 0 Å². The molecule has 0 spiro atoms. The third kappa shape index (κ3) is 4.18. The molecule has 3 heterocycles. The predicted octanol–water partition coefficient (Wildman–Crippen LogP) is 13.1. The molecule has 0 fully saturated rings. The molecule has 0 radical (unpaired) electrons. The van der Waals surface area contributed by atoms with Crippen molar-refractivity contribution in [3.05, 3.63) is 164 Å². The molecular weight excluding hydrogens is 663 g/mol. The van der Waals surface area contributed by atoms with Gasteiger partial charge in [0.25, 0.3) is 0 Å². The molecule has 0 atom stereocenters. The summed E-state index contributed by atoms with van der Waals surface area (Å²) >= 11 is 0. The Bertz CT molecular complexity index is 3220. The van der Waals surface area contributed by atoms with E-state index in [9.17, 15) is 0 Å². The van der Waals surface area contributed by atoms with E-state index >= 15 is 0 Å². The van der Waals surface area contributed by atoms with Crippen molar-refractivity contribution in [2.24, 2.45) is 0 Å². The summed E-state index contributed by atoms with van der Waals surface area (Å²) in [6.45, 7) is 0. The van der Waals surface area contributed by atoms with E-state index in [2.05, 4.69) is 103 Å². The van der Waals surface area contributed by atoms with Crippen molar-refractivity contribution in [1.82, 2.24) is 15.0 Å². The fourth-order valence-corrected chi connectivity index (χ4v) is 8.55. The Kier molecular flexibility index (Phi) is 5.99. The maximum Gasteiger partial charge on any atom is 0.164 e. The van der Waals surface area contributed by atoms with Gasteiger partial charge in [-0.1, -0.05) is 133 Å². The molecule has 0 amide bonds. The highest BCUT2D eigenvalue weighted by atomic mass is 16.3. The fraction of sp³-hybridized carbons (Fsp3) is 0. The zero-order valence-electron chi connectivity index (χ0n) is 28.7. The number of aromatic nitrogens is 3. The van der Waals surface area contributed by atoms with Gasteiger partial charge in [0.2, 0.25) is 0 Å². The molecule has 1 aliphatic rings.